The van der Waals surface area contributed by atoms with Gasteiger partial charge >= 0.3 is 0 Å². The number of rotatable bonds is 5. The van der Waals surface area contributed by atoms with E-state index < -0.39 is 0 Å². The number of benzene rings is 1. The molecule has 5 nitrogen and oxygen atoms in total. The standard InChI is InChI=1S/C20H26N4O/c1-17-11-12-19(22-21-17)23-13-6-14-24(16-15-23)20(25)10-5-9-18-7-3-2-4-8-18/h2-4,7-8,11-12H,5-6,9-10,13-16H2,1H3. The number of anilines is 1. The Morgan fingerprint density at radius 3 is 2.60 bits per heavy atom. The van der Waals surface area contributed by atoms with Crippen LogP contribution in [0.5, 0.6) is 0 Å². The Balaban J connectivity index is 1.47. The molecule has 0 saturated carbocycles. The van der Waals surface area contributed by atoms with Gasteiger partial charge in [-0.05, 0) is 43.9 Å². The zero-order valence-corrected chi connectivity index (χ0v) is 14.9. The molecule has 0 N–H and O–H groups in total. The summed E-state index contributed by atoms with van der Waals surface area (Å²) in [4.78, 5) is 16.7. The summed E-state index contributed by atoms with van der Waals surface area (Å²) in [7, 11) is 0. The first-order valence-corrected chi connectivity index (χ1v) is 9.09. The van der Waals surface area contributed by atoms with Crippen LogP contribution in [0, 0.1) is 6.92 Å². The molecule has 5 heteroatoms. The van der Waals surface area contributed by atoms with Gasteiger partial charge in [0.05, 0.1) is 5.69 Å². The van der Waals surface area contributed by atoms with E-state index in [1.54, 1.807) is 0 Å². The van der Waals surface area contributed by atoms with Crippen molar-refractivity contribution in [3.63, 3.8) is 0 Å². The van der Waals surface area contributed by atoms with Gasteiger partial charge in [0.15, 0.2) is 5.82 Å². The Hall–Kier alpha value is -2.43. The lowest BCUT2D eigenvalue weighted by molar-refractivity contribution is -0.131. The first kappa shape index (κ1) is 17.4. The monoisotopic (exact) mass is 338 g/mol. The van der Waals surface area contributed by atoms with Crippen molar-refractivity contribution >= 4 is 11.7 Å². The number of nitrogens with zero attached hydrogens (tertiary/aromatic N) is 4. The smallest absolute Gasteiger partial charge is 0.222 e. The van der Waals surface area contributed by atoms with Crippen molar-refractivity contribution < 1.29 is 4.79 Å². The van der Waals surface area contributed by atoms with Crippen LogP contribution >= 0.6 is 0 Å². The number of aromatic nitrogens is 2. The van der Waals surface area contributed by atoms with E-state index in [0.717, 1.165) is 57.0 Å². The summed E-state index contributed by atoms with van der Waals surface area (Å²) in [6, 6.07) is 14.4. The number of amides is 1. The maximum Gasteiger partial charge on any atom is 0.222 e. The lowest BCUT2D eigenvalue weighted by Gasteiger charge is -2.22. The van der Waals surface area contributed by atoms with Gasteiger partial charge in [0.25, 0.3) is 0 Å². The summed E-state index contributed by atoms with van der Waals surface area (Å²) in [5.74, 6) is 1.18. The molecule has 3 rings (SSSR count). The minimum atomic E-state index is 0.271. The Morgan fingerprint density at radius 2 is 1.84 bits per heavy atom. The van der Waals surface area contributed by atoms with Gasteiger partial charge in [0, 0.05) is 32.6 Å². The molecule has 0 radical (unpaired) electrons. The average Bonchev–Trinajstić information content (AvgIpc) is 2.89. The fourth-order valence-corrected chi connectivity index (χ4v) is 3.20. The van der Waals surface area contributed by atoms with Crippen LogP contribution in [0.1, 0.15) is 30.5 Å². The molecule has 0 bridgehead atoms. The van der Waals surface area contributed by atoms with E-state index in [1.807, 2.05) is 30.0 Å². The van der Waals surface area contributed by atoms with E-state index in [2.05, 4.69) is 39.4 Å². The Kier molecular flexibility index (Phi) is 5.99. The number of carbonyl (C=O) groups excluding carboxylic acids is 1. The average molecular weight is 338 g/mol. The highest BCUT2D eigenvalue weighted by molar-refractivity contribution is 5.76. The predicted molar refractivity (Wildman–Crippen MR) is 99.6 cm³/mol. The zero-order valence-electron chi connectivity index (χ0n) is 14.9. The number of carbonyl (C=O) groups is 1. The van der Waals surface area contributed by atoms with Crippen molar-refractivity contribution in [1.29, 1.82) is 0 Å². The lowest BCUT2D eigenvalue weighted by Crippen LogP contribution is -2.35. The fourth-order valence-electron chi connectivity index (χ4n) is 3.20. The molecule has 1 aromatic carbocycles. The molecule has 132 valence electrons. The number of hydrogen-bond donors (Lipinski definition) is 0. The molecule has 0 aliphatic carbocycles. The van der Waals surface area contributed by atoms with Gasteiger partial charge in [-0.3, -0.25) is 4.79 Å². The number of aryl methyl sites for hydroxylation is 2. The van der Waals surface area contributed by atoms with E-state index in [4.69, 9.17) is 0 Å². The highest BCUT2D eigenvalue weighted by Gasteiger charge is 2.19. The summed E-state index contributed by atoms with van der Waals surface area (Å²) in [6.07, 6.45) is 3.47. The molecule has 0 atom stereocenters. The summed E-state index contributed by atoms with van der Waals surface area (Å²) in [5.41, 5.74) is 2.23. The topological polar surface area (TPSA) is 49.3 Å². The normalized spacial score (nSPS) is 15.1. The largest absolute Gasteiger partial charge is 0.353 e. The van der Waals surface area contributed by atoms with E-state index >= 15 is 0 Å². The molecular formula is C20H26N4O. The van der Waals surface area contributed by atoms with Gasteiger partial charge in [0.1, 0.15) is 0 Å². The molecule has 2 aromatic rings. The maximum absolute atomic E-state index is 12.5. The van der Waals surface area contributed by atoms with E-state index in [-0.39, 0.29) is 5.91 Å². The van der Waals surface area contributed by atoms with Crippen LogP contribution in [0.3, 0.4) is 0 Å². The van der Waals surface area contributed by atoms with E-state index in [1.165, 1.54) is 5.56 Å². The molecule has 0 unspecified atom stereocenters. The van der Waals surface area contributed by atoms with Crippen molar-refractivity contribution in [2.75, 3.05) is 31.1 Å². The van der Waals surface area contributed by atoms with Crippen LogP contribution in [0.4, 0.5) is 5.82 Å². The molecule has 1 aromatic heterocycles. The number of hydrogen-bond acceptors (Lipinski definition) is 4. The van der Waals surface area contributed by atoms with Gasteiger partial charge in [-0.15, -0.1) is 5.10 Å². The fraction of sp³-hybridized carbons (Fsp3) is 0.450. The van der Waals surface area contributed by atoms with Crippen molar-refractivity contribution in [3.8, 4) is 0 Å². The van der Waals surface area contributed by atoms with Crippen LogP contribution < -0.4 is 4.90 Å². The van der Waals surface area contributed by atoms with E-state index in [9.17, 15) is 4.79 Å². The van der Waals surface area contributed by atoms with Crippen LogP contribution in [0.15, 0.2) is 42.5 Å². The Labute approximate surface area is 149 Å². The van der Waals surface area contributed by atoms with Crippen LogP contribution in [-0.4, -0.2) is 47.2 Å². The molecule has 0 spiro atoms. The maximum atomic E-state index is 12.5. The molecule has 25 heavy (non-hydrogen) atoms. The van der Waals surface area contributed by atoms with Crippen LogP contribution in [-0.2, 0) is 11.2 Å². The van der Waals surface area contributed by atoms with Gasteiger partial charge in [-0.25, -0.2) is 0 Å². The predicted octanol–water partition coefficient (Wildman–Crippen LogP) is 2.85. The van der Waals surface area contributed by atoms with E-state index in [0.29, 0.717) is 6.42 Å². The van der Waals surface area contributed by atoms with Crippen molar-refractivity contribution in [3.05, 3.63) is 53.7 Å². The van der Waals surface area contributed by atoms with Gasteiger partial charge in [-0.2, -0.15) is 5.10 Å². The first-order chi connectivity index (χ1) is 12.2. The summed E-state index contributed by atoms with van der Waals surface area (Å²) in [5, 5.41) is 8.41. The lowest BCUT2D eigenvalue weighted by atomic mass is 10.1. The summed E-state index contributed by atoms with van der Waals surface area (Å²) in [6.45, 7) is 5.28. The van der Waals surface area contributed by atoms with Crippen molar-refractivity contribution in [1.82, 2.24) is 15.1 Å². The van der Waals surface area contributed by atoms with Crippen molar-refractivity contribution in [2.24, 2.45) is 0 Å². The minimum Gasteiger partial charge on any atom is -0.353 e. The van der Waals surface area contributed by atoms with Crippen molar-refractivity contribution in [2.45, 2.75) is 32.6 Å². The van der Waals surface area contributed by atoms with Crippen LogP contribution in [0.2, 0.25) is 0 Å². The molecule has 1 aliphatic rings. The molecule has 1 saturated heterocycles. The van der Waals surface area contributed by atoms with Gasteiger partial charge in [-0.1, -0.05) is 30.3 Å². The Bertz CT molecular complexity index is 672. The second kappa shape index (κ2) is 8.60. The highest BCUT2D eigenvalue weighted by Crippen LogP contribution is 2.14. The quantitative estimate of drug-likeness (QED) is 0.841. The Morgan fingerprint density at radius 1 is 1.00 bits per heavy atom. The molecule has 1 amide bonds. The van der Waals surface area contributed by atoms with Gasteiger partial charge in [0.2, 0.25) is 5.91 Å². The SMILES string of the molecule is Cc1ccc(N2CCCN(C(=O)CCCc3ccccc3)CC2)nn1. The molecule has 1 aliphatic heterocycles. The molecule has 2 heterocycles. The molecular weight excluding hydrogens is 312 g/mol. The second-order valence-electron chi connectivity index (χ2n) is 6.59. The van der Waals surface area contributed by atoms with Crippen LogP contribution in [0.25, 0.3) is 0 Å². The first-order valence-electron chi connectivity index (χ1n) is 9.09. The minimum absolute atomic E-state index is 0.271. The third-order valence-corrected chi connectivity index (χ3v) is 4.66. The third kappa shape index (κ3) is 5.02. The highest BCUT2D eigenvalue weighted by atomic mass is 16.2. The molecule has 1 fully saturated rings. The third-order valence-electron chi connectivity index (χ3n) is 4.66. The zero-order chi connectivity index (χ0) is 17.5. The summed E-state index contributed by atoms with van der Waals surface area (Å²) < 4.78 is 0. The van der Waals surface area contributed by atoms with Gasteiger partial charge < -0.3 is 9.80 Å². The second-order valence-corrected chi connectivity index (χ2v) is 6.59. The summed E-state index contributed by atoms with van der Waals surface area (Å²) >= 11 is 0.